The molecule has 1 heterocycles. The Morgan fingerprint density at radius 1 is 0.842 bits per heavy atom. The molecular weight excluding hydrogens is 256 g/mol. The Hall–Kier alpha value is -2.33. The SMILES string of the molecule is Nc1ccc(-c2ccc(-c3c[nH]c(=S)o3)cc2)cc1. The van der Waals surface area contributed by atoms with Crippen molar-refractivity contribution < 1.29 is 4.42 Å². The first-order valence-electron chi connectivity index (χ1n) is 5.87. The van der Waals surface area contributed by atoms with Gasteiger partial charge in [-0.05, 0) is 35.5 Å². The molecule has 3 N–H and O–H groups in total. The van der Waals surface area contributed by atoms with E-state index in [0.29, 0.717) is 4.84 Å². The third-order valence-corrected chi connectivity index (χ3v) is 3.14. The molecule has 3 rings (SSSR count). The molecule has 0 saturated carbocycles. The molecule has 1 aromatic heterocycles. The molecule has 3 nitrogen and oxygen atoms in total. The van der Waals surface area contributed by atoms with Gasteiger partial charge in [-0.1, -0.05) is 36.4 Å². The van der Waals surface area contributed by atoms with Crippen LogP contribution in [0.3, 0.4) is 0 Å². The average Bonchev–Trinajstić information content (AvgIpc) is 2.87. The smallest absolute Gasteiger partial charge is 0.266 e. The number of benzene rings is 2. The van der Waals surface area contributed by atoms with E-state index in [4.69, 9.17) is 22.4 Å². The van der Waals surface area contributed by atoms with E-state index in [-0.39, 0.29) is 0 Å². The van der Waals surface area contributed by atoms with Crippen molar-refractivity contribution in [3.63, 3.8) is 0 Å². The van der Waals surface area contributed by atoms with E-state index in [1.807, 2.05) is 48.5 Å². The van der Waals surface area contributed by atoms with Crippen LogP contribution in [0.5, 0.6) is 0 Å². The van der Waals surface area contributed by atoms with E-state index in [0.717, 1.165) is 28.1 Å². The zero-order chi connectivity index (χ0) is 13.2. The Kier molecular flexibility index (Phi) is 2.93. The predicted octanol–water partition coefficient (Wildman–Crippen LogP) is 4.25. The van der Waals surface area contributed by atoms with Gasteiger partial charge in [0.1, 0.15) is 0 Å². The van der Waals surface area contributed by atoms with Crippen LogP contribution in [-0.4, -0.2) is 4.98 Å². The maximum absolute atomic E-state index is 5.68. The van der Waals surface area contributed by atoms with Gasteiger partial charge in [-0.3, -0.25) is 0 Å². The first kappa shape index (κ1) is 11.7. The lowest BCUT2D eigenvalue weighted by atomic mass is 10.0. The third-order valence-electron chi connectivity index (χ3n) is 2.94. The Bertz CT molecular complexity index is 739. The van der Waals surface area contributed by atoms with Gasteiger partial charge in [-0.25, -0.2) is 0 Å². The number of rotatable bonds is 2. The molecule has 2 aromatic carbocycles. The molecule has 0 bridgehead atoms. The zero-order valence-corrected chi connectivity index (χ0v) is 10.9. The molecule has 4 heteroatoms. The predicted molar refractivity (Wildman–Crippen MR) is 79.2 cm³/mol. The summed E-state index contributed by atoms with van der Waals surface area (Å²) in [6, 6.07) is 15.9. The van der Waals surface area contributed by atoms with Crippen molar-refractivity contribution >= 4 is 17.9 Å². The van der Waals surface area contributed by atoms with Gasteiger partial charge in [0.15, 0.2) is 5.76 Å². The van der Waals surface area contributed by atoms with Crippen LogP contribution in [-0.2, 0) is 0 Å². The molecule has 19 heavy (non-hydrogen) atoms. The standard InChI is InChI=1S/C15H12N2OS/c16-13-7-5-11(6-8-13)10-1-3-12(4-2-10)14-9-17-15(19)18-14/h1-9H,16H2,(H,17,19). The largest absolute Gasteiger partial charge is 0.429 e. The van der Waals surface area contributed by atoms with Crippen molar-refractivity contribution in [1.29, 1.82) is 0 Å². The van der Waals surface area contributed by atoms with E-state index in [9.17, 15) is 0 Å². The van der Waals surface area contributed by atoms with Gasteiger partial charge < -0.3 is 15.1 Å². The number of oxazole rings is 1. The molecule has 0 aliphatic rings. The summed E-state index contributed by atoms with van der Waals surface area (Å²) in [6.45, 7) is 0. The van der Waals surface area contributed by atoms with Gasteiger partial charge in [-0.2, -0.15) is 0 Å². The summed E-state index contributed by atoms with van der Waals surface area (Å²) in [4.78, 5) is 3.24. The second kappa shape index (κ2) is 4.74. The zero-order valence-electron chi connectivity index (χ0n) is 10.1. The maximum atomic E-state index is 5.68. The van der Waals surface area contributed by atoms with E-state index in [1.54, 1.807) is 6.20 Å². The lowest BCUT2D eigenvalue weighted by Gasteiger charge is -2.03. The Morgan fingerprint density at radius 3 is 1.89 bits per heavy atom. The number of aromatic nitrogens is 1. The molecule has 3 aromatic rings. The Morgan fingerprint density at radius 2 is 1.37 bits per heavy atom. The monoisotopic (exact) mass is 268 g/mol. The molecule has 0 spiro atoms. The molecule has 0 aliphatic heterocycles. The van der Waals surface area contributed by atoms with Crippen LogP contribution < -0.4 is 5.73 Å². The summed E-state index contributed by atoms with van der Waals surface area (Å²) in [5.74, 6) is 0.744. The second-order valence-electron chi connectivity index (χ2n) is 4.24. The quantitative estimate of drug-likeness (QED) is 0.539. The fourth-order valence-corrected chi connectivity index (χ4v) is 2.08. The molecule has 0 unspecified atom stereocenters. The molecule has 94 valence electrons. The lowest BCUT2D eigenvalue weighted by Crippen LogP contribution is -1.84. The molecule has 0 atom stereocenters. The van der Waals surface area contributed by atoms with Gasteiger partial charge in [0.05, 0.1) is 0 Å². The van der Waals surface area contributed by atoms with Crippen molar-refractivity contribution in [3.05, 3.63) is 59.6 Å². The summed E-state index contributed by atoms with van der Waals surface area (Å²) < 4.78 is 5.37. The van der Waals surface area contributed by atoms with E-state index in [2.05, 4.69) is 4.98 Å². The van der Waals surface area contributed by atoms with Crippen molar-refractivity contribution in [3.8, 4) is 22.5 Å². The van der Waals surface area contributed by atoms with Gasteiger partial charge in [0.25, 0.3) is 4.84 Å². The van der Waals surface area contributed by atoms with Crippen LogP contribution in [0.25, 0.3) is 22.5 Å². The van der Waals surface area contributed by atoms with Crippen LogP contribution in [0.2, 0.25) is 0 Å². The number of nitrogens with one attached hydrogen (secondary N) is 1. The topological polar surface area (TPSA) is 55.0 Å². The minimum absolute atomic E-state index is 0.387. The van der Waals surface area contributed by atoms with E-state index < -0.39 is 0 Å². The molecular formula is C15H12N2OS. The molecule has 0 aliphatic carbocycles. The number of hydrogen-bond acceptors (Lipinski definition) is 3. The maximum Gasteiger partial charge on any atom is 0.266 e. The van der Waals surface area contributed by atoms with Crippen molar-refractivity contribution in [2.45, 2.75) is 0 Å². The van der Waals surface area contributed by atoms with Gasteiger partial charge >= 0.3 is 0 Å². The average molecular weight is 268 g/mol. The van der Waals surface area contributed by atoms with Crippen LogP contribution in [0.4, 0.5) is 5.69 Å². The Labute approximate surface area is 115 Å². The number of nitrogen functional groups attached to an aromatic ring is 1. The van der Waals surface area contributed by atoms with Crippen LogP contribution in [0.15, 0.2) is 59.1 Å². The van der Waals surface area contributed by atoms with Gasteiger partial charge in [0, 0.05) is 17.4 Å². The second-order valence-corrected chi connectivity index (χ2v) is 4.61. The van der Waals surface area contributed by atoms with Crippen LogP contribution in [0.1, 0.15) is 0 Å². The number of H-pyrrole nitrogens is 1. The molecule has 0 fully saturated rings. The van der Waals surface area contributed by atoms with Crippen molar-refractivity contribution in [2.24, 2.45) is 0 Å². The van der Waals surface area contributed by atoms with Crippen LogP contribution >= 0.6 is 12.2 Å². The van der Waals surface area contributed by atoms with E-state index in [1.165, 1.54) is 0 Å². The van der Waals surface area contributed by atoms with Crippen LogP contribution in [0, 0.1) is 4.84 Å². The minimum atomic E-state index is 0.387. The first-order valence-corrected chi connectivity index (χ1v) is 6.28. The highest BCUT2D eigenvalue weighted by molar-refractivity contribution is 7.71. The summed E-state index contributed by atoms with van der Waals surface area (Å²) in [5.41, 5.74) is 9.71. The highest BCUT2D eigenvalue weighted by atomic mass is 32.1. The summed E-state index contributed by atoms with van der Waals surface area (Å²) in [6.07, 6.45) is 1.76. The van der Waals surface area contributed by atoms with E-state index >= 15 is 0 Å². The number of aromatic amines is 1. The number of anilines is 1. The highest BCUT2D eigenvalue weighted by Crippen LogP contribution is 2.25. The molecule has 0 radical (unpaired) electrons. The van der Waals surface area contributed by atoms with Crippen molar-refractivity contribution in [2.75, 3.05) is 5.73 Å². The first-order chi connectivity index (χ1) is 9.22. The fraction of sp³-hybridized carbons (Fsp3) is 0. The van der Waals surface area contributed by atoms with Gasteiger partial charge in [-0.15, -0.1) is 0 Å². The summed E-state index contributed by atoms with van der Waals surface area (Å²) >= 11 is 4.91. The summed E-state index contributed by atoms with van der Waals surface area (Å²) in [7, 11) is 0. The number of nitrogens with two attached hydrogens (primary N) is 1. The lowest BCUT2D eigenvalue weighted by molar-refractivity contribution is 0.554. The van der Waals surface area contributed by atoms with Crippen molar-refractivity contribution in [1.82, 2.24) is 4.98 Å². The summed E-state index contributed by atoms with van der Waals surface area (Å²) in [5, 5.41) is 0. The molecule has 0 amide bonds. The molecule has 0 saturated heterocycles. The third kappa shape index (κ3) is 2.44. The highest BCUT2D eigenvalue weighted by Gasteiger charge is 2.03. The Balaban J connectivity index is 1.94. The minimum Gasteiger partial charge on any atom is -0.429 e. The fourth-order valence-electron chi connectivity index (χ4n) is 1.93. The normalized spacial score (nSPS) is 10.5. The van der Waals surface area contributed by atoms with Gasteiger partial charge in [0.2, 0.25) is 0 Å². The number of hydrogen-bond donors (Lipinski definition) is 2.